The molecule has 0 saturated carbocycles. The van der Waals surface area contributed by atoms with Gasteiger partial charge in [-0.2, -0.15) is 13.2 Å². The molecular weight excluding hydrogens is 425 g/mol. The summed E-state index contributed by atoms with van der Waals surface area (Å²) in [5, 5.41) is 9.06. The van der Waals surface area contributed by atoms with Crippen molar-refractivity contribution in [1.82, 2.24) is 9.88 Å². The van der Waals surface area contributed by atoms with E-state index in [1.807, 2.05) is 40.7 Å². The van der Waals surface area contributed by atoms with Crippen molar-refractivity contribution in [2.75, 3.05) is 19.8 Å². The molecule has 2 aliphatic rings. The molecule has 1 N–H and O–H groups in total. The number of hydrogen-bond donors (Lipinski definition) is 1. The van der Waals surface area contributed by atoms with Crippen molar-refractivity contribution in [2.24, 2.45) is 5.92 Å². The van der Waals surface area contributed by atoms with E-state index < -0.39 is 12.1 Å². The Morgan fingerprint density at radius 1 is 1.30 bits per heavy atom. The number of pyridine rings is 1. The second kappa shape index (κ2) is 9.54. The van der Waals surface area contributed by atoms with Gasteiger partial charge in [-0.25, -0.2) is 4.79 Å². The van der Waals surface area contributed by atoms with E-state index in [4.69, 9.17) is 19.4 Å². The third-order valence-corrected chi connectivity index (χ3v) is 5.63. The number of amides is 1. The molecule has 4 heterocycles. The Balaban J connectivity index is 0.000000318. The normalized spacial score (nSPS) is 22.9. The van der Waals surface area contributed by atoms with Gasteiger partial charge in [0.2, 0.25) is 0 Å². The molecule has 1 amide bonds. The monoisotopic (exact) mass is 444 g/mol. The van der Waals surface area contributed by atoms with Crippen molar-refractivity contribution >= 4 is 23.2 Å². The summed E-state index contributed by atoms with van der Waals surface area (Å²) in [5.41, 5.74) is 1.05. The van der Waals surface area contributed by atoms with E-state index in [0.717, 1.165) is 10.4 Å². The molecule has 11 heteroatoms. The van der Waals surface area contributed by atoms with Crippen LogP contribution >= 0.6 is 11.3 Å². The summed E-state index contributed by atoms with van der Waals surface area (Å²) >= 11 is 1.48. The standard InChI is InChI=1S/C17H18N2O3S.C2HF3O2/c20-17(16-4-2-6-23-16)19-8-15(13-10-21-11-14(13)19)22-9-12-3-1-5-18-7-12;3-2(4,5)1(6)7/h1-7,13-15H,8-11H2;(H,6,7)/t13-,14+,15-;/m0./s1. The predicted octanol–water partition coefficient (Wildman–Crippen LogP) is 2.83. The van der Waals surface area contributed by atoms with Crippen LogP contribution in [0.3, 0.4) is 0 Å². The van der Waals surface area contributed by atoms with Crippen molar-refractivity contribution in [3.05, 3.63) is 52.5 Å². The predicted molar refractivity (Wildman–Crippen MR) is 100.0 cm³/mol. The first-order chi connectivity index (χ1) is 14.3. The Morgan fingerprint density at radius 2 is 2.07 bits per heavy atom. The highest BCUT2D eigenvalue weighted by Gasteiger charge is 2.48. The number of ether oxygens (including phenoxy) is 2. The summed E-state index contributed by atoms with van der Waals surface area (Å²) in [7, 11) is 0. The highest BCUT2D eigenvalue weighted by Crippen LogP contribution is 2.34. The number of fused-ring (bicyclic) bond motifs is 1. The lowest BCUT2D eigenvalue weighted by molar-refractivity contribution is -0.192. The van der Waals surface area contributed by atoms with Gasteiger partial charge in [-0.1, -0.05) is 12.1 Å². The molecule has 30 heavy (non-hydrogen) atoms. The number of alkyl halides is 3. The molecule has 162 valence electrons. The zero-order valence-electron chi connectivity index (χ0n) is 15.6. The third-order valence-electron chi connectivity index (χ3n) is 4.77. The van der Waals surface area contributed by atoms with Gasteiger partial charge in [0.15, 0.2) is 0 Å². The summed E-state index contributed by atoms with van der Waals surface area (Å²) in [4.78, 5) is 28.4. The van der Waals surface area contributed by atoms with Crippen LogP contribution in [0, 0.1) is 5.92 Å². The molecule has 0 aliphatic carbocycles. The SMILES string of the molecule is O=C(O)C(F)(F)F.O=C(c1cccs1)N1C[C@H](OCc2cccnc2)[C@H]2COC[C@H]21. The maximum absolute atomic E-state index is 12.7. The number of likely N-dealkylation sites (tertiary alicyclic amines) is 1. The van der Waals surface area contributed by atoms with E-state index in [0.29, 0.717) is 26.4 Å². The van der Waals surface area contributed by atoms with Gasteiger partial charge in [0.1, 0.15) is 0 Å². The van der Waals surface area contributed by atoms with E-state index in [-0.39, 0.29) is 24.0 Å². The van der Waals surface area contributed by atoms with Gasteiger partial charge in [-0.3, -0.25) is 9.78 Å². The molecule has 0 aromatic carbocycles. The van der Waals surface area contributed by atoms with Crippen LogP contribution in [0.5, 0.6) is 0 Å². The minimum atomic E-state index is -5.08. The Kier molecular flexibility index (Phi) is 7.06. The highest BCUT2D eigenvalue weighted by molar-refractivity contribution is 7.12. The van der Waals surface area contributed by atoms with E-state index in [1.54, 1.807) is 6.20 Å². The number of carboxylic acid groups (broad SMARTS) is 1. The van der Waals surface area contributed by atoms with Crippen LogP contribution in [0.25, 0.3) is 0 Å². The van der Waals surface area contributed by atoms with Gasteiger partial charge >= 0.3 is 12.1 Å². The Morgan fingerprint density at radius 3 is 2.67 bits per heavy atom. The van der Waals surface area contributed by atoms with Crippen molar-refractivity contribution in [1.29, 1.82) is 0 Å². The van der Waals surface area contributed by atoms with Crippen LogP contribution in [0.2, 0.25) is 0 Å². The molecule has 2 aliphatic heterocycles. The number of nitrogens with zero attached hydrogens (tertiary/aromatic N) is 2. The van der Waals surface area contributed by atoms with Crippen LogP contribution in [0.1, 0.15) is 15.2 Å². The van der Waals surface area contributed by atoms with Gasteiger partial charge in [0.05, 0.1) is 36.8 Å². The second-order valence-corrected chi connectivity index (χ2v) is 7.66. The Bertz CT molecular complexity index is 848. The molecule has 3 atom stereocenters. The summed E-state index contributed by atoms with van der Waals surface area (Å²) in [6.45, 7) is 2.42. The van der Waals surface area contributed by atoms with Crippen LogP contribution in [0.4, 0.5) is 13.2 Å². The Hall–Kier alpha value is -2.50. The Labute approximate surface area is 174 Å². The molecule has 2 fully saturated rings. The lowest BCUT2D eigenvalue weighted by atomic mass is 10.0. The highest BCUT2D eigenvalue weighted by atomic mass is 32.1. The molecule has 0 bridgehead atoms. The first-order valence-electron chi connectivity index (χ1n) is 9.00. The average molecular weight is 444 g/mol. The van der Waals surface area contributed by atoms with E-state index in [2.05, 4.69) is 4.98 Å². The van der Waals surface area contributed by atoms with Crippen molar-refractivity contribution in [2.45, 2.75) is 24.9 Å². The van der Waals surface area contributed by atoms with E-state index in [1.165, 1.54) is 11.3 Å². The molecule has 2 aromatic heterocycles. The number of halogens is 3. The van der Waals surface area contributed by atoms with Crippen LogP contribution in [-0.4, -0.2) is 64.9 Å². The second-order valence-electron chi connectivity index (χ2n) is 6.72. The fourth-order valence-electron chi connectivity index (χ4n) is 3.34. The summed E-state index contributed by atoms with van der Waals surface area (Å²) in [6.07, 6.45) is -1.50. The topological polar surface area (TPSA) is 89.0 Å². The van der Waals surface area contributed by atoms with Crippen molar-refractivity contribution in [3.8, 4) is 0 Å². The lowest BCUT2D eigenvalue weighted by Gasteiger charge is -2.21. The number of aromatic nitrogens is 1. The maximum atomic E-state index is 12.7. The number of rotatable bonds is 4. The van der Waals surface area contributed by atoms with Gasteiger partial charge in [0.25, 0.3) is 5.91 Å². The molecule has 2 aromatic rings. The maximum Gasteiger partial charge on any atom is 0.490 e. The minimum absolute atomic E-state index is 0.0200. The summed E-state index contributed by atoms with van der Waals surface area (Å²) < 4.78 is 43.4. The number of hydrogen-bond acceptors (Lipinski definition) is 6. The van der Waals surface area contributed by atoms with Crippen molar-refractivity contribution < 1.29 is 37.3 Å². The summed E-state index contributed by atoms with van der Waals surface area (Å²) in [6, 6.07) is 7.82. The van der Waals surface area contributed by atoms with Crippen LogP contribution in [-0.2, 0) is 20.9 Å². The first-order valence-corrected chi connectivity index (χ1v) is 9.88. The van der Waals surface area contributed by atoms with Gasteiger partial charge < -0.3 is 19.5 Å². The minimum Gasteiger partial charge on any atom is -0.475 e. The fourth-order valence-corrected chi connectivity index (χ4v) is 4.02. The fraction of sp³-hybridized carbons (Fsp3) is 0.421. The lowest BCUT2D eigenvalue weighted by Crippen LogP contribution is -2.37. The quantitative estimate of drug-likeness (QED) is 0.780. The molecule has 0 spiro atoms. The largest absolute Gasteiger partial charge is 0.490 e. The number of carboxylic acids is 1. The smallest absolute Gasteiger partial charge is 0.475 e. The van der Waals surface area contributed by atoms with E-state index in [9.17, 15) is 18.0 Å². The van der Waals surface area contributed by atoms with Crippen LogP contribution < -0.4 is 0 Å². The number of thiophene rings is 1. The zero-order chi connectivity index (χ0) is 21.7. The number of carbonyl (C=O) groups is 2. The number of aliphatic carboxylic acids is 1. The number of carbonyl (C=O) groups excluding carboxylic acids is 1. The molecule has 2 saturated heterocycles. The zero-order valence-corrected chi connectivity index (χ0v) is 16.4. The van der Waals surface area contributed by atoms with Crippen molar-refractivity contribution in [3.63, 3.8) is 0 Å². The molecular formula is C19H19F3N2O5S. The third kappa shape index (κ3) is 5.35. The molecule has 0 radical (unpaired) electrons. The van der Waals surface area contributed by atoms with Gasteiger partial charge in [-0.05, 0) is 23.1 Å². The van der Waals surface area contributed by atoms with Gasteiger partial charge in [0, 0.05) is 24.9 Å². The first kappa shape index (κ1) is 22.2. The summed E-state index contributed by atoms with van der Waals surface area (Å²) in [5.74, 6) is -2.41. The average Bonchev–Trinajstić information content (AvgIpc) is 3.45. The van der Waals surface area contributed by atoms with E-state index >= 15 is 0 Å². The molecule has 7 nitrogen and oxygen atoms in total. The molecule has 0 unspecified atom stereocenters. The van der Waals surface area contributed by atoms with Crippen LogP contribution in [0.15, 0.2) is 42.0 Å². The molecule has 4 rings (SSSR count). The van der Waals surface area contributed by atoms with Gasteiger partial charge in [-0.15, -0.1) is 11.3 Å².